The number of sulfonamides is 1. The lowest BCUT2D eigenvalue weighted by molar-refractivity contribution is 0.341. The van der Waals surface area contributed by atoms with E-state index < -0.39 is 21.4 Å². The SMILES string of the molecule is CCC(CC)(CC)NS(=O)(=O)c1cc(Br)cc(CN)c1F. The molecule has 3 N–H and O–H groups in total. The first-order valence-electron chi connectivity index (χ1n) is 6.97. The summed E-state index contributed by atoms with van der Waals surface area (Å²) >= 11 is 3.20. The molecule has 0 fully saturated rings. The van der Waals surface area contributed by atoms with Crippen LogP contribution in [0.5, 0.6) is 0 Å². The van der Waals surface area contributed by atoms with Crippen LogP contribution in [-0.2, 0) is 16.6 Å². The first-order chi connectivity index (χ1) is 9.75. The van der Waals surface area contributed by atoms with Crippen LogP contribution in [0.3, 0.4) is 0 Å². The van der Waals surface area contributed by atoms with E-state index >= 15 is 0 Å². The number of hydrogen-bond donors (Lipinski definition) is 2. The Morgan fingerprint density at radius 1 is 1.24 bits per heavy atom. The van der Waals surface area contributed by atoms with Crippen LogP contribution in [0.25, 0.3) is 0 Å². The van der Waals surface area contributed by atoms with Gasteiger partial charge >= 0.3 is 0 Å². The summed E-state index contributed by atoms with van der Waals surface area (Å²) in [5.41, 5.74) is 5.07. The van der Waals surface area contributed by atoms with Crippen molar-refractivity contribution in [2.45, 2.75) is 57.0 Å². The maximum Gasteiger partial charge on any atom is 0.244 e. The highest BCUT2D eigenvalue weighted by atomic mass is 79.9. The minimum absolute atomic E-state index is 0.0612. The third kappa shape index (κ3) is 4.03. The van der Waals surface area contributed by atoms with Gasteiger partial charge in [0.15, 0.2) is 0 Å². The van der Waals surface area contributed by atoms with E-state index in [4.69, 9.17) is 5.73 Å². The third-order valence-electron chi connectivity index (χ3n) is 3.97. The molecule has 0 heterocycles. The van der Waals surface area contributed by atoms with Crippen LogP contribution in [0.1, 0.15) is 45.6 Å². The monoisotopic (exact) mass is 380 g/mol. The molecule has 0 aliphatic heterocycles. The zero-order valence-corrected chi connectivity index (χ0v) is 14.9. The van der Waals surface area contributed by atoms with Crippen molar-refractivity contribution in [3.8, 4) is 0 Å². The highest BCUT2D eigenvalue weighted by Gasteiger charge is 2.32. The highest BCUT2D eigenvalue weighted by molar-refractivity contribution is 9.10. The fourth-order valence-electron chi connectivity index (χ4n) is 2.27. The van der Waals surface area contributed by atoms with Crippen LogP contribution in [0.15, 0.2) is 21.5 Å². The second-order valence-electron chi connectivity index (χ2n) is 5.03. The van der Waals surface area contributed by atoms with E-state index in [2.05, 4.69) is 20.7 Å². The number of rotatable bonds is 7. The van der Waals surface area contributed by atoms with Gasteiger partial charge < -0.3 is 5.73 Å². The molecule has 0 spiro atoms. The molecule has 4 nitrogen and oxygen atoms in total. The maximum atomic E-state index is 14.3. The van der Waals surface area contributed by atoms with Gasteiger partial charge in [-0.2, -0.15) is 0 Å². The van der Waals surface area contributed by atoms with E-state index in [1.807, 2.05) is 20.8 Å². The molecule has 0 atom stereocenters. The van der Waals surface area contributed by atoms with Gasteiger partial charge in [0.25, 0.3) is 0 Å². The Kier molecular flexibility index (Phi) is 6.34. The van der Waals surface area contributed by atoms with Crippen molar-refractivity contribution < 1.29 is 12.8 Å². The molecule has 21 heavy (non-hydrogen) atoms. The lowest BCUT2D eigenvalue weighted by atomic mass is 9.91. The molecule has 0 aliphatic rings. The average molecular weight is 381 g/mol. The van der Waals surface area contributed by atoms with Gasteiger partial charge in [-0.15, -0.1) is 0 Å². The molecule has 0 aromatic heterocycles. The van der Waals surface area contributed by atoms with Gasteiger partial charge in [-0.3, -0.25) is 0 Å². The normalized spacial score (nSPS) is 12.7. The summed E-state index contributed by atoms with van der Waals surface area (Å²) in [4.78, 5) is -0.364. The molecule has 1 aromatic carbocycles. The fourth-order valence-corrected chi connectivity index (χ4v) is 4.69. The van der Waals surface area contributed by atoms with Gasteiger partial charge in [0.1, 0.15) is 10.7 Å². The molecule has 0 amide bonds. The Morgan fingerprint density at radius 2 is 1.76 bits per heavy atom. The molecule has 0 bridgehead atoms. The number of hydrogen-bond acceptors (Lipinski definition) is 3. The smallest absolute Gasteiger partial charge is 0.244 e. The number of benzene rings is 1. The van der Waals surface area contributed by atoms with Gasteiger partial charge in [-0.1, -0.05) is 36.7 Å². The average Bonchev–Trinajstić information content (AvgIpc) is 2.46. The molecule has 7 heteroatoms. The number of nitrogens with two attached hydrogens (primary N) is 1. The lowest BCUT2D eigenvalue weighted by Gasteiger charge is -2.31. The lowest BCUT2D eigenvalue weighted by Crippen LogP contribution is -2.47. The predicted molar refractivity (Wildman–Crippen MR) is 85.9 cm³/mol. The van der Waals surface area contributed by atoms with Gasteiger partial charge in [0.05, 0.1) is 0 Å². The Morgan fingerprint density at radius 3 is 2.19 bits per heavy atom. The summed E-state index contributed by atoms with van der Waals surface area (Å²) in [6.45, 7) is 5.68. The van der Waals surface area contributed by atoms with Crippen molar-refractivity contribution in [2.75, 3.05) is 0 Å². The zero-order chi connectivity index (χ0) is 16.3. The topological polar surface area (TPSA) is 72.2 Å². The van der Waals surface area contributed by atoms with E-state index in [1.54, 1.807) is 0 Å². The van der Waals surface area contributed by atoms with Crippen LogP contribution in [0.2, 0.25) is 0 Å². The molecule has 0 aliphatic carbocycles. The molecule has 0 radical (unpaired) electrons. The molecule has 1 aromatic rings. The Bertz CT molecular complexity index is 593. The minimum atomic E-state index is -3.95. The van der Waals surface area contributed by atoms with E-state index in [-0.39, 0.29) is 17.0 Å². The first kappa shape index (κ1) is 18.5. The molecular weight excluding hydrogens is 359 g/mol. The summed E-state index contributed by atoms with van der Waals surface area (Å²) in [6.07, 6.45) is 1.91. The number of halogens is 2. The largest absolute Gasteiger partial charge is 0.326 e. The fraction of sp³-hybridized carbons (Fsp3) is 0.571. The van der Waals surface area contributed by atoms with E-state index in [0.29, 0.717) is 23.7 Å². The summed E-state index contributed by atoms with van der Waals surface area (Å²) < 4.78 is 42.6. The van der Waals surface area contributed by atoms with Crippen molar-refractivity contribution in [1.82, 2.24) is 4.72 Å². The van der Waals surface area contributed by atoms with Gasteiger partial charge in [-0.05, 0) is 31.4 Å². The molecule has 0 saturated heterocycles. The first-order valence-corrected chi connectivity index (χ1v) is 9.24. The Hall–Kier alpha value is -0.500. The third-order valence-corrected chi connectivity index (χ3v) is 6.01. The molecular formula is C14H22BrFN2O2S. The minimum Gasteiger partial charge on any atom is -0.326 e. The second-order valence-corrected chi connectivity index (χ2v) is 7.59. The standard InChI is InChI=1S/C14H22BrFN2O2S/c1-4-14(5-2,6-3)18-21(19,20)12-8-11(15)7-10(9-17)13(12)16/h7-8,18H,4-6,9,17H2,1-3H3. The van der Waals surface area contributed by atoms with E-state index in [9.17, 15) is 12.8 Å². The molecule has 1 rings (SSSR count). The van der Waals surface area contributed by atoms with Crippen LogP contribution < -0.4 is 10.5 Å². The maximum absolute atomic E-state index is 14.3. The summed E-state index contributed by atoms with van der Waals surface area (Å²) in [6, 6.07) is 2.75. The van der Waals surface area contributed by atoms with Crippen molar-refractivity contribution >= 4 is 26.0 Å². The highest BCUT2D eigenvalue weighted by Crippen LogP contribution is 2.27. The van der Waals surface area contributed by atoms with Crippen molar-refractivity contribution in [2.24, 2.45) is 5.73 Å². The predicted octanol–water partition coefficient (Wildman–Crippen LogP) is 3.29. The van der Waals surface area contributed by atoms with Crippen molar-refractivity contribution in [1.29, 1.82) is 0 Å². The quantitative estimate of drug-likeness (QED) is 0.761. The van der Waals surface area contributed by atoms with Crippen LogP contribution in [0, 0.1) is 5.82 Å². The summed E-state index contributed by atoms with van der Waals surface area (Å²) in [5, 5.41) is 0. The van der Waals surface area contributed by atoms with Crippen molar-refractivity contribution in [3.05, 3.63) is 28.0 Å². The van der Waals surface area contributed by atoms with Gasteiger partial charge in [0, 0.05) is 22.1 Å². The van der Waals surface area contributed by atoms with Crippen LogP contribution in [-0.4, -0.2) is 14.0 Å². The van der Waals surface area contributed by atoms with Crippen molar-refractivity contribution in [3.63, 3.8) is 0 Å². The number of nitrogens with one attached hydrogen (secondary N) is 1. The summed E-state index contributed by atoms with van der Waals surface area (Å²) in [7, 11) is -3.95. The van der Waals surface area contributed by atoms with Gasteiger partial charge in [-0.25, -0.2) is 17.5 Å². The Labute approximate surface area is 134 Å². The molecule has 120 valence electrons. The van der Waals surface area contributed by atoms with Crippen LogP contribution >= 0.6 is 15.9 Å². The second kappa shape index (κ2) is 7.17. The van der Waals surface area contributed by atoms with Crippen LogP contribution in [0.4, 0.5) is 4.39 Å². The Balaban J connectivity index is 3.35. The summed E-state index contributed by atoms with van der Waals surface area (Å²) in [5.74, 6) is -0.787. The van der Waals surface area contributed by atoms with E-state index in [1.165, 1.54) is 12.1 Å². The van der Waals surface area contributed by atoms with E-state index in [0.717, 1.165) is 0 Å². The zero-order valence-electron chi connectivity index (χ0n) is 12.5. The molecule has 0 saturated carbocycles. The molecule has 0 unspecified atom stereocenters. The van der Waals surface area contributed by atoms with Gasteiger partial charge in [0.2, 0.25) is 10.0 Å².